The van der Waals surface area contributed by atoms with Crippen LogP contribution in [0.5, 0.6) is 0 Å². The van der Waals surface area contributed by atoms with Crippen LogP contribution in [0.4, 0.5) is 4.79 Å². The molecule has 0 aliphatic carbocycles. The van der Waals surface area contributed by atoms with Gasteiger partial charge in [-0.05, 0) is 51.4 Å². The van der Waals surface area contributed by atoms with E-state index in [2.05, 4.69) is 51.3 Å². The van der Waals surface area contributed by atoms with Crippen molar-refractivity contribution in [2.75, 3.05) is 26.2 Å². The fourth-order valence-corrected chi connectivity index (χ4v) is 6.39. The maximum absolute atomic E-state index is 13.6. The minimum absolute atomic E-state index is 0.178. The number of nitrogens with zero attached hydrogens (tertiary/aromatic N) is 2. The molecule has 0 bridgehead atoms. The summed E-state index contributed by atoms with van der Waals surface area (Å²) < 4.78 is 12.6. The molecule has 0 aromatic heterocycles. The third-order valence-electron chi connectivity index (χ3n) is 9.58. The molecule has 0 heterocycles. The van der Waals surface area contributed by atoms with E-state index >= 15 is 0 Å². The average Bonchev–Trinajstić information content (AvgIpc) is 3.06. The number of hydrogen-bond donors (Lipinski definition) is 0. The topological polar surface area (TPSA) is 42.0 Å². The van der Waals surface area contributed by atoms with Crippen molar-refractivity contribution in [2.45, 2.75) is 234 Å². The van der Waals surface area contributed by atoms with E-state index < -0.39 is 6.16 Å². The fourth-order valence-electron chi connectivity index (χ4n) is 6.39. The van der Waals surface area contributed by atoms with Gasteiger partial charge in [0.2, 0.25) is 0 Å². The zero-order valence-corrected chi connectivity index (χ0v) is 32.4. The highest BCUT2D eigenvalue weighted by atomic mass is 16.7. The van der Waals surface area contributed by atoms with Gasteiger partial charge in [-0.25, -0.2) is 4.79 Å². The Morgan fingerprint density at radius 3 is 0.870 bits per heavy atom. The lowest BCUT2D eigenvalue weighted by Crippen LogP contribution is -2.43. The minimum Gasteiger partial charge on any atom is -0.415 e. The maximum Gasteiger partial charge on any atom is 0.511 e. The fraction of sp³-hybridized carbons (Fsp3) is 0.976. The van der Waals surface area contributed by atoms with Crippen molar-refractivity contribution in [3.05, 3.63) is 0 Å². The molecule has 5 heteroatoms. The average molecular weight is 653 g/mol. The quantitative estimate of drug-likeness (QED) is 0.0383. The monoisotopic (exact) mass is 653 g/mol. The molecule has 0 saturated carbocycles. The van der Waals surface area contributed by atoms with Crippen LogP contribution >= 0.6 is 0 Å². The molecule has 0 saturated heterocycles. The molecule has 0 radical (unpaired) electrons. The molecule has 0 spiro atoms. The van der Waals surface area contributed by atoms with Gasteiger partial charge >= 0.3 is 6.16 Å². The Morgan fingerprint density at radius 1 is 0.370 bits per heavy atom. The third-order valence-corrected chi connectivity index (χ3v) is 9.58. The van der Waals surface area contributed by atoms with E-state index in [1.807, 2.05) is 0 Å². The van der Waals surface area contributed by atoms with Gasteiger partial charge in [0.15, 0.2) is 12.5 Å². The van der Waals surface area contributed by atoms with E-state index in [9.17, 15) is 4.79 Å². The molecule has 276 valence electrons. The van der Waals surface area contributed by atoms with E-state index in [1.165, 1.54) is 103 Å². The number of unbranched alkanes of at least 4 members (excludes halogenated alkanes) is 20. The molecular formula is C41H84N2O3. The van der Waals surface area contributed by atoms with Crippen LogP contribution in [0.2, 0.25) is 0 Å². The van der Waals surface area contributed by atoms with Gasteiger partial charge < -0.3 is 9.47 Å². The summed E-state index contributed by atoms with van der Waals surface area (Å²) in [6.45, 7) is 17.5. The smallest absolute Gasteiger partial charge is 0.415 e. The lowest BCUT2D eigenvalue weighted by molar-refractivity contribution is -0.0953. The van der Waals surface area contributed by atoms with Crippen LogP contribution < -0.4 is 0 Å². The second-order valence-corrected chi connectivity index (χ2v) is 14.1. The molecule has 2 atom stereocenters. The van der Waals surface area contributed by atoms with Crippen molar-refractivity contribution in [1.29, 1.82) is 0 Å². The highest BCUT2D eigenvalue weighted by molar-refractivity contribution is 5.60. The summed E-state index contributed by atoms with van der Waals surface area (Å²) >= 11 is 0. The van der Waals surface area contributed by atoms with Gasteiger partial charge in [0, 0.05) is 26.2 Å². The first-order valence-corrected chi connectivity index (χ1v) is 20.9. The van der Waals surface area contributed by atoms with Crippen LogP contribution in [0.1, 0.15) is 221 Å². The van der Waals surface area contributed by atoms with Crippen molar-refractivity contribution >= 4 is 6.16 Å². The highest BCUT2D eigenvalue weighted by Crippen LogP contribution is 2.20. The van der Waals surface area contributed by atoms with Crippen LogP contribution in [0, 0.1) is 0 Å². The number of rotatable bonds is 36. The largest absolute Gasteiger partial charge is 0.511 e. The summed E-state index contributed by atoms with van der Waals surface area (Å²) in [5, 5.41) is 0. The van der Waals surface area contributed by atoms with Crippen LogP contribution in [0.15, 0.2) is 0 Å². The summed E-state index contributed by atoms with van der Waals surface area (Å²) in [6.07, 6.45) is 33.7. The Morgan fingerprint density at radius 2 is 0.609 bits per heavy atom. The normalized spacial score (nSPS) is 13.0. The second-order valence-electron chi connectivity index (χ2n) is 14.1. The number of carbonyl (C=O) groups excluding carboxylic acids is 1. The summed E-state index contributed by atoms with van der Waals surface area (Å²) in [6, 6.07) is 0. The zero-order valence-electron chi connectivity index (χ0n) is 32.4. The summed E-state index contributed by atoms with van der Waals surface area (Å²) in [7, 11) is 0. The Bertz CT molecular complexity index is 551. The van der Waals surface area contributed by atoms with Crippen LogP contribution in [0.3, 0.4) is 0 Å². The van der Waals surface area contributed by atoms with Gasteiger partial charge in [-0.15, -0.1) is 0 Å². The van der Waals surface area contributed by atoms with Crippen LogP contribution in [-0.2, 0) is 9.47 Å². The van der Waals surface area contributed by atoms with Crippen molar-refractivity contribution < 1.29 is 14.3 Å². The first-order chi connectivity index (χ1) is 22.6. The highest BCUT2D eigenvalue weighted by Gasteiger charge is 2.27. The molecule has 0 fully saturated rings. The van der Waals surface area contributed by atoms with Crippen molar-refractivity contribution in [1.82, 2.24) is 9.80 Å². The Labute approximate surface area is 289 Å². The molecule has 0 aliphatic heterocycles. The van der Waals surface area contributed by atoms with Gasteiger partial charge in [0.1, 0.15) is 0 Å². The van der Waals surface area contributed by atoms with E-state index in [-0.39, 0.29) is 12.5 Å². The summed E-state index contributed by atoms with van der Waals surface area (Å²) in [5.74, 6) is 0. The second kappa shape index (κ2) is 35.5. The standard InChI is InChI=1S/C41H84N2O3/c1-7-13-19-21-23-25-27-29-31-33-39(42(35-15-9-3)36-16-10-4)45-41(44)46-40(43(37-17-11-5)38-18-12-6)34-32-30-28-26-24-22-20-14-8-2/h39-40H,7-38H2,1-6H3. The molecule has 0 aromatic rings. The maximum atomic E-state index is 13.6. The third kappa shape index (κ3) is 27.2. The molecule has 46 heavy (non-hydrogen) atoms. The van der Waals surface area contributed by atoms with Gasteiger partial charge in [0.05, 0.1) is 0 Å². The van der Waals surface area contributed by atoms with Gasteiger partial charge in [-0.2, -0.15) is 0 Å². The van der Waals surface area contributed by atoms with Gasteiger partial charge in [-0.1, -0.05) is 170 Å². The van der Waals surface area contributed by atoms with Crippen molar-refractivity contribution in [3.63, 3.8) is 0 Å². The van der Waals surface area contributed by atoms with Crippen molar-refractivity contribution in [3.8, 4) is 0 Å². The Balaban J connectivity index is 5.32. The Kier molecular flexibility index (Phi) is 34.9. The molecule has 0 rings (SSSR count). The van der Waals surface area contributed by atoms with Crippen LogP contribution in [0.25, 0.3) is 0 Å². The van der Waals surface area contributed by atoms with E-state index in [0.29, 0.717) is 0 Å². The number of ether oxygens (including phenoxy) is 2. The SMILES string of the molecule is CCCCCCCCCCCC(OC(=O)OC(CCCCCCCCCCC)N(CCCC)CCCC)N(CCCC)CCCC. The van der Waals surface area contributed by atoms with Gasteiger partial charge in [-0.3, -0.25) is 9.80 Å². The van der Waals surface area contributed by atoms with Gasteiger partial charge in [0.25, 0.3) is 0 Å². The molecular weight excluding hydrogens is 568 g/mol. The zero-order chi connectivity index (χ0) is 33.9. The lowest BCUT2D eigenvalue weighted by Gasteiger charge is -2.34. The Hall–Kier alpha value is -0.810. The van der Waals surface area contributed by atoms with E-state index in [4.69, 9.17) is 9.47 Å². The number of carbonyl (C=O) groups is 1. The van der Waals surface area contributed by atoms with E-state index in [1.54, 1.807) is 0 Å². The van der Waals surface area contributed by atoms with Crippen LogP contribution in [-0.4, -0.2) is 54.6 Å². The van der Waals surface area contributed by atoms with E-state index in [0.717, 1.165) is 103 Å². The predicted octanol–water partition coefficient (Wildman–Crippen LogP) is 13.4. The summed E-state index contributed by atoms with van der Waals surface area (Å²) in [4.78, 5) is 18.5. The van der Waals surface area contributed by atoms with Crippen molar-refractivity contribution in [2.24, 2.45) is 0 Å². The molecule has 0 aliphatic rings. The summed E-state index contributed by atoms with van der Waals surface area (Å²) in [5.41, 5.74) is 0. The molecule has 0 amide bonds. The molecule has 0 aromatic carbocycles. The predicted molar refractivity (Wildman–Crippen MR) is 202 cm³/mol. The minimum atomic E-state index is -0.446. The molecule has 2 unspecified atom stereocenters. The molecule has 5 nitrogen and oxygen atoms in total. The first-order valence-electron chi connectivity index (χ1n) is 20.9. The molecule has 0 N–H and O–H groups in total. The lowest BCUT2D eigenvalue weighted by atomic mass is 10.1. The number of hydrogen-bond acceptors (Lipinski definition) is 5. The first kappa shape index (κ1) is 45.2.